The monoisotopic (exact) mass is 377 g/mol. The van der Waals surface area contributed by atoms with Crippen LogP contribution in [-0.2, 0) is 11.2 Å². The maximum Gasteiger partial charge on any atom is 0.193 e. The van der Waals surface area contributed by atoms with Crippen molar-refractivity contribution < 1.29 is 14.2 Å². The molecule has 1 N–H and O–H groups in total. The zero-order valence-electron chi connectivity index (χ0n) is 17.3. The summed E-state index contributed by atoms with van der Waals surface area (Å²) < 4.78 is 16.1. The van der Waals surface area contributed by atoms with Gasteiger partial charge in [-0.2, -0.15) is 0 Å². The van der Waals surface area contributed by atoms with Gasteiger partial charge in [0.1, 0.15) is 0 Å². The van der Waals surface area contributed by atoms with E-state index in [4.69, 9.17) is 19.2 Å². The Hall–Kier alpha value is -1.95. The molecule has 0 bridgehead atoms. The summed E-state index contributed by atoms with van der Waals surface area (Å²) in [6.07, 6.45) is 4.42. The standard InChI is InChI=1S/C21H35N3O3/c1-5-22-21(24(2)13-9-17-10-14-27-15-11-17)23-12-8-18-6-7-19(25-3)20(16-18)26-4/h6-7,16-17H,5,8-15H2,1-4H3,(H,22,23). The van der Waals surface area contributed by atoms with Crippen LogP contribution in [0.2, 0.25) is 0 Å². The molecule has 0 spiro atoms. The molecule has 1 heterocycles. The second kappa shape index (κ2) is 11.7. The van der Waals surface area contributed by atoms with Crippen molar-refractivity contribution in [1.82, 2.24) is 10.2 Å². The van der Waals surface area contributed by atoms with Gasteiger partial charge in [0, 0.05) is 39.9 Å². The molecular weight excluding hydrogens is 342 g/mol. The lowest BCUT2D eigenvalue weighted by atomic mass is 9.96. The third-order valence-corrected chi connectivity index (χ3v) is 5.02. The van der Waals surface area contributed by atoms with E-state index in [1.54, 1.807) is 14.2 Å². The van der Waals surface area contributed by atoms with Crippen LogP contribution >= 0.6 is 0 Å². The molecule has 0 aromatic heterocycles. The van der Waals surface area contributed by atoms with Crippen LogP contribution in [0.5, 0.6) is 11.5 Å². The van der Waals surface area contributed by atoms with Crippen molar-refractivity contribution in [3.05, 3.63) is 23.8 Å². The van der Waals surface area contributed by atoms with Gasteiger partial charge in [0.05, 0.1) is 14.2 Å². The molecule has 1 aliphatic rings. The van der Waals surface area contributed by atoms with E-state index in [9.17, 15) is 0 Å². The van der Waals surface area contributed by atoms with Gasteiger partial charge in [0.25, 0.3) is 0 Å². The molecular formula is C21H35N3O3. The first-order valence-electron chi connectivity index (χ1n) is 9.96. The molecule has 6 heteroatoms. The van der Waals surface area contributed by atoms with E-state index >= 15 is 0 Å². The second-order valence-electron chi connectivity index (χ2n) is 6.94. The number of benzene rings is 1. The van der Waals surface area contributed by atoms with Crippen LogP contribution in [-0.4, -0.2) is 65.0 Å². The lowest BCUT2D eigenvalue weighted by Crippen LogP contribution is -2.40. The van der Waals surface area contributed by atoms with Crippen LogP contribution < -0.4 is 14.8 Å². The summed E-state index contributed by atoms with van der Waals surface area (Å²) in [5, 5.41) is 3.40. The molecule has 1 saturated heterocycles. The minimum absolute atomic E-state index is 0.736. The maximum atomic E-state index is 5.45. The molecule has 2 rings (SSSR count). The number of rotatable bonds is 9. The van der Waals surface area contributed by atoms with Gasteiger partial charge in [-0.3, -0.25) is 4.99 Å². The van der Waals surface area contributed by atoms with Gasteiger partial charge in [-0.25, -0.2) is 0 Å². The average Bonchev–Trinajstić information content (AvgIpc) is 2.72. The molecule has 0 amide bonds. The molecule has 27 heavy (non-hydrogen) atoms. The quantitative estimate of drug-likeness (QED) is 0.530. The zero-order chi connectivity index (χ0) is 19.5. The summed E-state index contributed by atoms with van der Waals surface area (Å²) in [5.41, 5.74) is 1.19. The Labute approximate surface area is 163 Å². The predicted molar refractivity (Wildman–Crippen MR) is 110 cm³/mol. The molecule has 1 fully saturated rings. The first-order chi connectivity index (χ1) is 13.2. The summed E-state index contributed by atoms with van der Waals surface area (Å²) in [6, 6.07) is 6.04. The van der Waals surface area contributed by atoms with Gasteiger partial charge in [-0.05, 0) is 56.2 Å². The van der Waals surface area contributed by atoms with Crippen LogP contribution in [0.4, 0.5) is 0 Å². The first-order valence-corrected chi connectivity index (χ1v) is 9.96. The highest BCUT2D eigenvalue weighted by molar-refractivity contribution is 5.79. The van der Waals surface area contributed by atoms with E-state index in [0.717, 1.165) is 62.6 Å². The minimum Gasteiger partial charge on any atom is -0.493 e. The summed E-state index contributed by atoms with van der Waals surface area (Å²) in [4.78, 5) is 7.05. The number of hydrogen-bond acceptors (Lipinski definition) is 4. The van der Waals surface area contributed by atoms with Crippen LogP contribution in [0, 0.1) is 5.92 Å². The topological polar surface area (TPSA) is 55.3 Å². The molecule has 0 atom stereocenters. The molecule has 1 aliphatic heterocycles. The van der Waals surface area contributed by atoms with E-state index in [1.807, 2.05) is 12.1 Å². The summed E-state index contributed by atoms with van der Waals surface area (Å²) in [6.45, 7) is 6.56. The number of guanidine groups is 1. The van der Waals surface area contributed by atoms with Crippen molar-refractivity contribution in [3.63, 3.8) is 0 Å². The van der Waals surface area contributed by atoms with Crippen molar-refractivity contribution >= 4 is 5.96 Å². The lowest BCUT2D eigenvalue weighted by Gasteiger charge is -2.26. The molecule has 0 unspecified atom stereocenters. The average molecular weight is 378 g/mol. The van der Waals surface area contributed by atoms with Gasteiger partial charge in [0.15, 0.2) is 17.5 Å². The Bertz CT molecular complexity index is 586. The fourth-order valence-corrected chi connectivity index (χ4v) is 3.31. The van der Waals surface area contributed by atoms with Crippen molar-refractivity contribution in [3.8, 4) is 11.5 Å². The van der Waals surface area contributed by atoms with Crippen molar-refractivity contribution in [2.45, 2.75) is 32.6 Å². The SMILES string of the molecule is CCNC(=NCCc1ccc(OC)c(OC)c1)N(C)CCC1CCOCC1. The van der Waals surface area contributed by atoms with E-state index < -0.39 is 0 Å². The molecule has 152 valence electrons. The van der Waals surface area contributed by atoms with Crippen molar-refractivity contribution in [2.75, 3.05) is 54.1 Å². The highest BCUT2D eigenvalue weighted by Crippen LogP contribution is 2.27. The number of aliphatic imine (C=N–C) groups is 1. The first kappa shape index (κ1) is 21.4. The molecule has 1 aromatic rings. The van der Waals surface area contributed by atoms with Crippen LogP contribution in [0.1, 0.15) is 31.7 Å². The smallest absolute Gasteiger partial charge is 0.193 e. The number of nitrogens with zero attached hydrogens (tertiary/aromatic N) is 2. The Kier molecular flexibility index (Phi) is 9.25. The largest absolute Gasteiger partial charge is 0.493 e. The summed E-state index contributed by atoms with van der Waals surface area (Å²) in [7, 11) is 5.44. The third kappa shape index (κ3) is 6.94. The van der Waals surface area contributed by atoms with Crippen molar-refractivity contribution in [1.29, 1.82) is 0 Å². The molecule has 0 saturated carbocycles. The number of hydrogen-bond donors (Lipinski definition) is 1. The van der Waals surface area contributed by atoms with Gasteiger partial charge >= 0.3 is 0 Å². The minimum atomic E-state index is 0.736. The summed E-state index contributed by atoms with van der Waals surface area (Å²) >= 11 is 0. The highest BCUT2D eigenvalue weighted by Gasteiger charge is 2.15. The lowest BCUT2D eigenvalue weighted by molar-refractivity contribution is 0.0625. The summed E-state index contributed by atoms with van der Waals surface area (Å²) in [5.74, 6) is 3.27. The Morgan fingerprint density at radius 1 is 1.22 bits per heavy atom. The number of ether oxygens (including phenoxy) is 3. The van der Waals surface area contributed by atoms with Crippen LogP contribution in [0.25, 0.3) is 0 Å². The van der Waals surface area contributed by atoms with E-state index in [2.05, 4.69) is 30.3 Å². The van der Waals surface area contributed by atoms with E-state index in [1.165, 1.54) is 24.8 Å². The molecule has 0 radical (unpaired) electrons. The normalized spacial score (nSPS) is 15.5. The third-order valence-electron chi connectivity index (χ3n) is 5.02. The van der Waals surface area contributed by atoms with Gasteiger partial charge in [0.2, 0.25) is 0 Å². The van der Waals surface area contributed by atoms with Gasteiger partial charge in [-0.15, -0.1) is 0 Å². The van der Waals surface area contributed by atoms with Crippen LogP contribution in [0.3, 0.4) is 0 Å². The molecule has 0 aliphatic carbocycles. The number of nitrogens with one attached hydrogen (secondary N) is 1. The van der Waals surface area contributed by atoms with Gasteiger partial charge < -0.3 is 24.4 Å². The fraction of sp³-hybridized carbons (Fsp3) is 0.667. The fourth-order valence-electron chi connectivity index (χ4n) is 3.31. The Morgan fingerprint density at radius 3 is 2.63 bits per heavy atom. The maximum absolute atomic E-state index is 5.45. The zero-order valence-corrected chi connectivity index (χ0v) is 17.3. The Balaban J connectivity index is 1.88. The molecule has 1 aromatic carbocycles. The van der Waals surface area contributed by atoms with Gasteiger partial charge in [-0.1, -0.05) is 6.07 Å². The van der Waals surface area contributed by atoms with Crippen LogP contribution in [0.15, 0.2) is 23.2 Å². The number of methoxy groups -OCH3 is 2. The predicted octanol–water partition coefficient (Wildman–Crippen LogP) is 2.96. The highest BCUT2D eigenvalue weighted by atomic mass is 16.5. The van der Waals surface area contributed by atoms with Crippen molar-refractivity contribution in [2.24, 2.45) is 10.9 Å². The Morgan fingerprint density at radius 2 is 1.96 bits per heavy atom. The van der Waals surface area contributed by atoms with E-state index in [0.29, 0.717) is 0 Å². The second-order valence-corrected chi connectivity index (χ2v) is 6.94. The van der Waals surface area contributed by atoms with E-state index in [-0.39, 0.29) is 0 Å². The molecule has 6 nitrogen and oxygen atoms in total.